The SMILES string of the molecule is CNC1[C@H](OC2[C@H](O[C@@H]3C(O)[C@@H](O)C(N=C(N)N)C(O)[C@@H]3NC(=N)N)O[C@@H](C)[C@@]2(O)C=O)OC(CO)[C@H](O)[C@@H]1O.CNC1[C@H](OC2[C@H](O[C@@H]3C(O)[C@@H](O)C(N=C(N)N)C(O)[C@@H]3NC(=N)N)O[C@@H](C)[C@@]2(O)CNCCCCNCC2(O)[C@H](C)O[C@@H](O[C@@H]3C(O)[C@@H](O)C(N=C(N)N)C(O)[C@@H]3N=C(N)N)[C@H]2O[C@@H]2OC(CO)[C@H](O)[C@H](O)C2NC)OC(CO)[C@H](O)[C@@H]1O.NCCCCN.[B].[C-]#N.[Na+]. The van der Waals surface area contributed by atoms with E-state index in [1.807, 2.05) is 0 Å². The molecule has 0 aromatic carbocycles. The van der Waals surface area contributed by atoms with Crippen molar-refractivity contribution in [2.75, 3.05) is 80.2 Å². The third-order valence-corrected chi connectivity index (χ3v) is 24.4. The van der Waals surface area contributed by atoms with Crippen molar-refractivity contribution >= 4 is 50.5 Å². The van der Waals surface area contributed by atoms with Crippen molar-refractivity contribution in [3.8, 4) is 0 Å². The third kappa shape index (κ3) is 28.1. The number of unbranched alkanes of at least 4 members (excludes halogenated alkanes) is 2. The first kappa shape index (κ1) is 121. The van der Waals surface area contributed by atoms with E-state index in [9.17, 15) is 112 Å². The molecule has 0 aromatic rings. The molecule has 9 aliphatic rings. The molecule has 45 atom stereocenters. The quantitative estimate of drug-likeness (QED) is 0.00686. The topological polar surface area (TPSA) is 1070 Å². The van der Waals surface area contributed by atoms with Gasteiger partial charge in [0.2, 0.25) is 0 Å². The largest absolute Gasteiger partial charge is 1.00 e. The van der Waals surface area contributed by atoms with E-state index in [-0.39, 0.29) is 70.4 Å². The Morgan fingerprint density at radius 1 is 0.388 bits per heavy atom. The Morgan fingerprint density at radius 2 is 0.672 bits per heavy atom. The number of nitrogens with two attached hydrogens (primary N) is 12. The van der Waals surface area contributed by atoms with Crippen LogP contribution in [0, 0.1) is 22.7 Å². The van der Waals surface area contributed by atoms with Crippen molar-refractivity contribution in [3.05, 3.63) is 6.57 Å². The molecule has 3 saturated carbocycles. The molecule has 3 aliphatic carbocycles. The van der Waals surface area contributed by atoms with Crippen molar-refractivity contribution in [1.29, 1.82) is 16.1 Å². The number of nitrogens with one attached hydrogen (secondary N) is 9. The van der Waals surface area contributed by atoms with Gasteiger partial charge in [0, 0.05) is 21.5 Å². The number of guanidine groups is 6. The Balaban J connectivity index is 0.000000623. The van der Waals surface area contributed by atoms with Crippen molar-refractivity contribution in [2.24, 2.45) is 88.8 Å². The van der Waals surface area contributed by atoms with Gasteiger partial charge in [-0.1, -0.05) is 0 Å². The van der Waals surface area contributed by atoms with E-state index in [4.69, 9.17) is 148 Å². The fourth-order valence-corrected chi connectivity index (χ4v) is 16.9. The van der Waals surface area contributed by atoms with E-state index in [0.29, 0.717) is 12.8 Å². The van der Waals surface area contributed by atoms with Gasteiger partial charge in [-0.25, -0.2) is 20.0 Å². The summed E-state index contributed by atoms with van der Waals surface area (Å²) in [7, 11) is 4.27. The Kier molecular flexibility index (Phi) is 48.9. The molecule has 0 amide bonds. The maximum Gasteiger partial charge on any atom is 1.00 e. The average Bonchev–Trinajstić information content (AvgIpc) is 1.59. The van der Waals surface area contributed by atoms with Gasteiger partial charge in [-0.15, -0.1) is 0 Å². The van der Waals surface area contributed by atoms with Crippen LogP contribution in [0.5, 0.6) is 0 Å². The molecule has 18 unspecified atom stereocenters. The van der Waals surface area contributed by atoms with E-state index in [0.717, 1.165) is 25.9 Å². The molecule has 6 heterocycles. The van der Waals surface area contributed by atoms with E-state index in [1.165, 1.54) is 41.9 Å². The van der Waals surface area contributed by atoms with Gasteiger partial charge < -0.3 is 282 Å². The zero-order valence-corrected chi connectivity index (χ0v) is 77.0. The van der Waals surface area contributed by atoms with E-state index >= 15 is 0 Å². The molecule has 54 N–H and O–H groups in total. The Morgan fingerprint density at radius 3 is 0.963 bits per heavy atom. The van der Waals surface area contributed by atoms with Crippen LogP contribution in [0.15, 0.2) is 20.0 Å². The van der Waals surface area contributed by atoms with Crippen molar-refractivity contribution in [2.45, 2.75) is 320 Å². The Labute approximate surface area is 794 Å². The van der Waals surface area contributed by atoms with Gasteiger partial charge in [0.15, 0.2) is 85.4 Å². The minimum atomic E-state index is -2.39. The first-order valence-corrected chi connectivity index (χ1v) is 42.3. The van der Waals surface area contributed by atoms with E-state index in [1.54, 1.807) is 0 Å². The first-order chi connectivity index (χ1) is 62.1. The average molecular weight is 1950 g/mol. The number of rotatable bonds is 37. The molecule has 9 rings (SSSR count). The van der Waals surface area contributed by atoms with Gasteiger partial charge in [0.25, 0.3) is 0 Å². The minimum absolute atomic E-state index is 0. The van der Waals surface area contributed by atoms with E-state index in [2.05, 4.69) is 57.2 Å². The molecule has 767 valence electrons. The molecule has 0 bridgehead atoms. The molecule has 6 aliphatic heterocycles. The Bertz CT molecular complexity index is 3680. The summed E-state index contributed by atoms with van der Waals surface area (Å²) in [6.07, 6.45) is -50.1. The second-order valence-electron chi connectivity index (χ2n) is 33.1. The van der Waals surface area contributed by atoms with Gasteiger partial charge in [0.1, 0.15) is 182 Å². The van der Waals surface area contributed by atoms with Gasteiger partial charge in [-0.3, -0.25) is 15.6 Å². The Hall–Kier alpha value is -5.76. The fourth-order valence-electron chi connectivity index (χ4n) is 16.9. The van der Waals surface area contributed by atoms with Gasteiger partial charge in [-0.2, -0.15) is 0 Å². The summed E-state index contributed by atoms with van der Waals surface area (Å²) in [4.78, 5) is 27.5. The van der Waals surface area contributed by atoms with Crippen LogP contribution < -0.4 is 136 Å². The first-order valence-electron chi connectivity index (χ1n) is 42.3. The third-order valence-electron chi connectivity index (χ3n) is 24.4. The predicted molar refractivity (Wildman–Crippen MR) is 458 cm³/mol. The number of likely N-dealkylation sites (N-methyl/N-ethyl adjacent to an activating group) is 3. The van der Waals surface area contributed by atoms with E-state index < -0.39 is 329 Å². The number of hydrogen-bond donors (Lipinski definition) is 42. The van der Waals surface area contributed by atoms with Crippen LogP contribution in [0.1, 0.15) is 46.5 Å². The number of carbonyl (C=O) groups is 1. The number of aliphatic hydroxyl groups is 21. The summed E-state index contributed by atoms with van der Waals surface area (Å²) in [6, 6.07) is -12.5. The summed E-state index contributed by atoms with van der Waals surface area (Å²) in [5.74, 6) is -3.50. The number of ether oxygens (including phenoxy) is 12. The summed E-state index contributed by atoms with van der Waals surface area (Å²) in [5, 5.41) is 272. The zero-order chi connectivity index (χ0) is 99.4. The number of aliphatic imine (C=N–C) groups is 4. The number of hydrogen-bond acceptors (Lipinski definition) is 48. The molecule has 0 spiro atoms. The van der Waals surface area contributed by atoms with Crippen LogP contribution in [-0.4, -0.2) is 512 Å². The maximum atomic E-state index is 12.6. The molecule has 0 aromatic heterocycles. The zero-order valence-electron chi connectivity index (χ0n) is 75.0. The number of carbonyl (C=O) groups excluding carboxylic acids is 1. The molecule has 62 heteroatoms. The van der Waals surface area contributed by atoms with Gasteiger partial charge >= 0.3 is 29.6 Å². The molecule has 134 heavy (non-hydrogen) atoms. The molecule has 6 saturated heterocycles. The van der Waals surface area contributed by atoms with Gasteiger partial charge in [0.05, 0.1) is 68.3 Å². The fraction of sp³-hybridized carbons (Fsp3) is 0.889. The number of aliphatic hydroxyl groups excluding tert-OH is 18. The van der Waals surface area contributed by atoms with Crippen LogP contribution in [0.2, 0.25) is 0 Å². The molecule has 9 fully saturated rings. The summed E-state index contributed by atoms with van der Waals surface area (Å²) < 4.78 is 72.2. The molecular formula is C72H141BN26NaO34. The predicted octanol–water partition coefficient (Wildman–Crippen LogP) is -27.1. The van der Waals surface area contributed by atoms with Crippen LogP contribution in [0.25, 0.3) is 0 Å². The normalized spacial score (nSPS) is 43.5. The number of nitrogens with zero attached hydrogens (tertiary/aromatic N) is 5. The summed E-state index contributed by atoms with van der Waals surface area (Å²) in [6.45, 7) is 8.11. The molecular weight excluding hydrogens is 1810 g/mol. The second-order valence-corrected chi connectivity index (χ2v) is 33.1. The van der Waals surface area contributed by atoms with Gasteiger partial charge in [-0.05, 0) is 93.8 Å². The monoisotopic (exact) mass is 1950 g/mol. The minimum Gasteiger partial charge on any atom is -0.512 e. The smallest absolute Gasteiger partial charge is 0.512 e. The standard InChI is InChI=1S/C46H90N16O22.C21H39N7O12.C4H12N2.CN.B.Na/c1-13-45(75,35(83-37-21(55-3)29(71)23(65)15(9-63)79-37)39(77-13)81-33-19(61-43(51)52)25(67)17(59-41(47)48)27(69)31(33)73)11-57-7-5-6-8-58-12-46(76)14(2)78-40(36(46)84-38-22(56-4)30(72)24(66)16(10-64)80-38)82-34-20(62-44(53)54)26(68)18(60-42(49)50)28(70)32(34)74;1-5-21(36,4-30)16(40-17-9(26-2)13(34)10(31)6(3-29)38-17)18(37-5)39-15-8(28-20(24)25)11(32)7(27-19(22)23)12(33)14(15)35;5-3-1-2-4-6;1-2;;/h13-40,55-58,63-76H,5-12H2,1-4H3,(H4,47,48,59)(H4,49,50,60)(H4,51,52,61)(H4,53,54,62);4-18,26,29,31-36H,3H2,1-2H3,(H4,22,23,27)(H4,24,25,28);1-6H2;;;/q;;;-1;;+1/t13-,14-,15?,16?,17?,18?,19-,20-,21?,22?,23-,24-,25?,26?,27-,28-,29+,30+,31?,32?,33-,34-,35+,36?,37-,38-,39-,40-,45?,46-;5-,6?,7?,8-,9?,10-,11?,12-,13+,14?,15-,16?,17-,18-,21-;;;;/m00..../s1. The second kappa shape index (κ2) is 54.3. The molecule has 60 nitrogen and oxygen atoms in total. The molecule has 3 radical (unpaired) electrons. The van der Waals surface area contributed by atoms with Crippen LogP contribution >= 0.6 is 0 Å². The van der Waals surface area contributed by atoms with Crippen LogP contribution in [0.4, 0.5) is 0 Å². The van der Waals surface area contributed by atoms with Crippen molar-refractivity contribution < 1.29 is 198 Å². The van der Waals surface area contributed by atoms with Crippen molar-refractivity contribution in [3.63, 3.8) is 0 Å². The van der Waals surface area contributed by atoms with Crippen molar-refractivity contribution in [1.82, 2.24) is 37.2 Å². The summed E-state index contributed by atoms with van der Waals surface area (Å²) in [5.41, 5.74) is 59.2. The summed E-state index contributed by atoms with van der Waals surface area (Å²) >= 11 is 0. The number of aldehydes is 1. The van der Waals surface area contributed by atoms with Crippen LogP contribution in [0.3, 0.4) is 0 Å². The van der Waals surface area contributed by atoms with Crippen LogP contribution in [-0.2, 0) is 61.6 Å². The maximum absolute atomic E-state index is 12.6.